The predicted octanol–water partition coefficient (Wildman–Crippen LogP) is 3.23. The van der Waals surface area contributed by atoms with E-state index < -0.39 is 0 Å². The van der Waals surface area contributed by atoms with Crippen molar-refractivity contribution in [3.05, 3.63) is 18.3 Å². The number of nitrogens with one attached hydrogen (secondary N) is 1. The van der Waals surface area contributed by atoms with Crippen LogP contribution in [0.25, 0.3) is 0 Å². The molecule has 1 N–H and O–H groups in total. The van der Waals surface area contributed by atoms with Crippen LogP contribution in [0.15, 0.2) is 18.3 Å². The second-order valence-electron chi connectivity index (χ2n) is 6.08. The molecule has 1 aromatic heterocycles. The summed E-state index contributed by atoms with van der Waals surface area (Å²) in [5, 5.41) is 3.63. The molecule has 0 amide bonds. The third kappa shape index (κ3) is 4.88. The summed E-state index contributed by atoms with van der Waals surface area (Å²) in [5.74, 6) is 1.89. The van der Waals surface area contributed by atoms with Crippen LogP contribution in [0.3, 0.4) is 0 Å². The second-order valence-corrected chi connectivity index (χ2v) is 6.08. The van der Waals surface area contributed by atoms with Gasteiger partial charge in [0.25, 0.3) is 0 Å². The standard InChI is InChI=1S/C17H29N3O/c1-4-12-20(13-15-8-5-6-10-18-15)17-16(21-14(2)3)9-7-11-19-17/h7,9,11,14-15,18H,4-6,8,10,12-13H2,1-3H3. The molecule has 0 radical (unpaired) electrons. The summed E-state index contributed by atoms with van der Waals surface area (Å²) in [6, 6.07) is 4.54. The van der Waals surface area contributed by atoms with Crippen molar-refractivity contribution in [2.45, 2.75) is 58.6 Å². The van der Waals surface area contributed by atoms with Crippen molar-refractivity contribution in [2.24, 2.45) is 0 Å². The third-order valence-electron chi connectivity index (χ3n) is 3.76. The first-order valence-electron chi connectivity index (χ1n) is 8.30. The molecule has 2 heterocycles. The van der Waals surface area contributed by atoms with E-state index in [0.717, 1.165) is 37.6 Å². The predicted molar refractivity (Wildman–Crippen MR) is 88.1 cm³/mol. The second kappa shape index (κ2) is 8.23. The van der Waals surface area contributed by atoms with Gasteiger partial charge in [-0.1, -0.05) is 13.3 Å². The lowest BCUT2D eigenvalue weighted by Crippen LogP contribution is -2.44. The molecule has 1 saturated heterocycles. The van der Waals surface area contributed by atoms with Gasteiger partial charge in [0.05, 0.1) is 6.10 Å². The van der Waals surface area contributed by atoms with Crippen molar-refractivity contribution in [2.75, 3.05) is 24.5 Å². The van der Waals surface area contributed by atoms with E-state index in [0.29, 0.717) is 6.04 Å². The van der Waals surface area contributed by atoms with Crippen LogP contribution in [0.2, 0.25) is 0 Å². The molecule has 0 aliphatic carbocycles. The molecule has 1 aliphatic heterocycles. The van der Waals surface area contributed by atoms with Crippen molar-refractivity contribution in [3.8, 4) is 5.75 Å². The van der Waals surface area contributed by atoms with Gasteiger partial charge in [-0.2, -0.15) is 0 Å². The number of ether oxygens (including phenoxy) is 1. The fraction of sp³-hybridized carbons (Fsp3) is 0.706. The van der Waals surface area contributed by atoms with Crippen LogP contribution in [0.4, 0.5) is 5.82 Å². The van der Waals surface area contributed by atoms with Crippen molar-refractivity contribution < 1.29 is 4.74 Å². The van der Waals surface area contributed by atoms with Crippen LogP contribution in [0.1, 0.15) is 46.5 Å². The highest BCUT2D eigenvalue weighted by Gasteiger charge is 2.20. The highest BCUT2D eigenvalue weighted by atomic mass is 16.5. The third-order valence-corrected chi connectivity index (χ3v) is 3.76. The number of hydrogen-bond donors (Lipinski definition) is 1. The molecule has 118 valence electrons. The molecule has 1 aromatic rings. The number of nitrogens with zero attached hydrogens (tertiary/aromatic N) is 2. The lowest BCUT2D eigenvalue weighted by Gasteiger charge is -2.32. The molecule has 0 spiro atoms. The number of pyridine rings is 1. The summed E-state index contributed by atoms with van der Waals surface area (Å²) in [6.45, 7) is 9.51. The minimum absolute atomic E-state index is 0.171. The van der Waals surface area contributed by atoms with Gasteiger partial charge >= 0.3 is 0 Å². The molecular formula is C17H29N3O. The van der Waals surface area contributed by atoms with Crippen LogP contribution in [-0.2, 0) is 0 Å². The van der Waals surface area contributed by atoms with Gasteiger partial charge in [-0.25, -0.2) is 4.98 Å². The Morgan fingerprint density at radius 2 is 2.29 bits per heavy atom. The van der Waals surface area contributed by atoms with Crippen LogP contribution in [0, 0.1) is 0 Å². The highest BCUT2D eigenvalue weighted by Crippen LogP contribution is 2.27. The van der Waals surface area contributed by atoms with Gasteiger partial charge < -0.3 is 15.0 Å². The lowest BCUT2D eigenvalue weighted by molar-refractivity contribution is 0.241. The molecule has 21 heavy (non-hydrogen) atoms. The van der Waals surface area contributed by atoms with E-state index in [4.69, 9.17) is 4.74 Å². The fourth-order valence-electron chi connectivity index (χ4n) is 2.87. The average Bonchev–Trinajstić information content (AvgIpc) is 2.48. The molecule has 4 heteroatoms. The number of anilines is 1. The molecule has 1 aliphatic rings. The minimum Gasteiger partial charge on any atom is -0.487 e. The van der Waals surface area contributed by atoms with Crippen molar-refractivity contribution in [1.29, 1.82) is 0 Å². The zero-order chi connectivity index (χ0) is 15.1. The Kier molecular flexibility index (Phi) is 6.30. The first kappa shape index (κ1) is 16.1. The zero-order valence-electron chi connectivity index (χ0n) is 13.6. The van der Waals surface area contributed by atoms with Crippen LogP contribution >= 0.6 is 0 Å². The van der Waals surface area contributed by atoms with Gasteiger partial charge in [0.1, 0.15) is 0 Å². The zero-order valence-corrected chi connectivity index (χ0v) is 13.6. The molecule has 0 aromatic carbocycles. The van der Waals surface area contributed by atoms with E-state index in [1.165, 1.54) is 19.3 Å². The molecule has 1 fully saturated rings. The Morgan fingerprint density at radius 1 is 1.43 bits per heavy atom. The summed E-state index contributed by atoms with van der Waals surface area (Å²) >= 11 is 0. The van der Waals surface area contributed by atoms with E-state index in [2.05, 4.69) is 36.0 Å². The van der Waals surface area contributed by atoms with Gasteiger partial charge in [-0.05, 0) is 51.8 Å². The number of aromatic nitrogens is 1. The van der Waals surface area contributed by atoms with Crippen LogP contribution < -0.4 is 15.0 Å². The normalized spacial score (nSPS) is 18.8. The maximum absolute atomic E-state index is 5.94. The maximum Gasteiger partial charge on any atom is 0.171 e. The number of piperidine rings is 1. The van der Waals surface area contributed by atoms with Crippen LogP contribution in [-0.4, -0.2) is 36.8 Å². The van der Waals surface area contributed by atoms with Gasteiger partial charge in [-0.3, -0.25) is 0 Å². The number of hydrogen-bond acceptors (Lipinski definition) is 4. The highest BCUT2D eigenvalue weighted by molar-refractivity contribution is 5.52. The van der Waals surface area contributed by atoms with E-state index in [1.807, 2.05) is 18.3 Å². The SMILES string of the molecule is CCCN(CC1CCCCN1)c1ncccc1OC(C)C. The smallest absolute Gasteiger partial charge is 0.171 e. The monoisotopic (exact) mass is 291 g/mol. The molecule has 1 unspecified atom stereocenters. The summed E-state index contributed by atoms with van der Waals surface area (Å²) < 4.78 is 5.94. The summed E-state index contributed by atoms with van der Waals surface area (Å²) in [7, 11) is 0. The molecular weight excluding hydrogens is 262 g/mol. The van der Waals surface area contributed by atoms with Crippen molar-refractivity contribution >= 4 is 5.82 Å². The Bertz CT molecular complexity index is 416. The fourth-order valence-corrected chi connectivity index (χ4v) is 2.87. The van der Waals surface area contributed by atoms with E-state index >= 15 is 0 Å². The molecule has 4 nitrogen and oxygen atoms in total. The van der Waals surface area contributed by atoms with E-state index in [-0.39, 0.29) is 6.10 Å². The largest absolute Gasteiger partial charge is 0.487 e. The Morgan fingerprint density at radius 3 is 2.95 bits per heavy atom. The lowest BCUT2D eigenvalue weighted by atomic mass is 10.0. The van der Waals surface area contributed by atoms with Gasteiger partial charge in [0.15, 0.2) is 11.6 Å². The van der Waals surface area contributed by atoms with Crippen molar-refractivity contribution in [1.82, 2.24) is 10.3 Å². The van der Waals surface area contributed by atoms with Gasteiger partial charge in [-0.15, -0.1) is 0 Å². The summed E-state index contributed by atoms with van der Waals surface area (Å²) in [6.07, 6.45) is 7.03. The first-order valence-corrected chi connectivity index (χ1v) is 8.30. The summed E-state index contributed by atoms with van der Waals surface area (Å²) in [5.41, 5.74) is 0. The van der Waals surface area contributed by atoms with E-state index in [1.54, 1.807) is 0 Å². The van der Waals surface area contributed by atoms with Gasteiger partial charge in [0.2, 0.25) is 0 Å². The number of rotatable bonds is 7. The Hall–Kier alpha value is -1.29. The maximum atomic E-state index is 5.94. The Balaban J connectivity index is 2.12. The molecule has 2 rings (SSSR count). The molecule has 0 bridgehead atoms. The topological polar surface area (TPSA) is 37.4 Å². The van der Waals surface area contributed by atoms with Crippen molar-refractivity contribution in [3.63, 3.8) is 0 Å². The quantitative estimate of drug-likeness (QED) is 0.837. The molecule has 1 atom stereocenters. The summed E-state index contributed by atoms with van der Waals surface area (Å²) in [4.78, 5) is 6.97. The van der Waals surface area contributed by atoms with Gasteiger partial charge in [0, 0.05) is 25.3 Å². The molecule has 0 saturated carbocycles. The van der Waals surface area contributed by atoms with Crippen LogP contribution in [0.5, 0.6) is 5.75 Å². The first-order chi connectivity index (χ1) is 10.2. The average molecular weight is 291 g/mol. The van der Waals surface area contributed by atoms with E-state index in [9.17, 15) is 0 Å². The Labute approximate surface area is 128 Å². The minimum atomic E-state index is 0.171.